The van der Waals surface area contributed by atoms with Gasteiger partial charge in [0.25, 0.3) is 11.8 Å². The Labute approximate surface area is 177 Å². The van der Waals surface area contributed by atoms with Crippen LogP contribution in [-0.2, 0) is 6.42 Å². The number of carbonyl (C=O) groups is 2. The molecule has 2 N–H and O–H groups in total. The summed E-state index contributed by atoms with van der Waals surface area (Å²) in [5.41, 5.74) is 5.17. The number of ether oxygens (including phenoxy) is 1. The fourth-order valence-corrected chi connectivity index (χ4v) is 3.97. The summed E-state index contributed by atoms with van der Waals surface area (Å²) in [6, 6.07) is 6.94. The van der Waals surface area contributed by atoms with E-state index in [4.69, 9.17) is 9.15 Å². The summed E-state index contributed by atoms with van der Waals surface area (Å²) < 4.78 is 11.1. The van der Waals surface area contributed by atoms with Gasteiger partial charge >= 0.3 is 0 Å². The SMILES string of the molecule is COc1ccccc1C(=O)N/N=C1\CCCc2oc(C(=O)Nc3nccs3)c(C)c21. The highest BCUT2D eigenvalue weighted by Gasteiger charge is 2.28. The number of thiazole rings is 1. The van der Waals surface area contributed by atoms with Crippen LogP contribution in [0.25, 0.3) is 0 Å². The van der Waals surface area contributed by atoms with Crippen LogP contribution < -0.4 is 15.5 Å². The molecule has 0 aliphatic heterocycles. The van der Waals surface area contributed by atoms with Gasteiger partial charge in [-0.05, 0) is 31.9 Å². The number of carbonyl (C=O) groups excluding carboxylic acids is 2. The average Bonchev–Trinajstić information content (AvgIpc) is 3.40. The van der Waals surface area contributed by atoms with Crippen molar-refractivity contribution < 1.29 is 18.7 Å². The van der Waals surface area contributed by atoms with E-state index in [1.54, 1.807) is 35.8 Å². The Morgan fingerprint density at radius 2 is 2.07 bits per heavy atom. The predicted molar refractivity (Wildman–Crippen MR) is 113 cm³/mol. The Bertz CT molecular complexity index is 1120. The lowest BCUT2D eigenvalue weighted by molar-refractivity contribution is 0.0950. The third-order valence-electron chi connectivity index (χ3n) is 4.83. The standard InChI is InChI=1S/C21H20N4O4S/c1-12-17-14(24-25-19(26)13-6-3-4-8-15(13)28-2)7-5-9-16(17)29-18(12)20(27)23-21-22-10-11-30-21/h3-4,6,8,10-11H,5,7,9H2,1-2H3,(H,25,26)(H,22,23,27)/b24-14+. The van der Waals surface area contributed by atoms with Crippen molar-refractivity contribution in [3.05, 3.63) is 64.1 Å². The first-order valence-electron chi connectivity index (χ1n) is 9.42. The van der Waals surface area contributed by atoms with Gasteiger partial charge in [-0.2, -0.15) is 5.10 Å². The van der Waals surface area contributed by atoms with E-state index in [-0.39, 0.29) is 17.6 Å². The van der Waals surface area contributed by atoms with E-state index in [2.05, 4.69) is 20.8 Å². The molecule has 4 rings (SSSR count). The van der Waals surface area contributed by atoms with Gasteiger partial charge in [0.05, 0.1) is 18.4 Å². The summed E-state index contributed by atoms with van der Waals surface area (Å²) in [5.74, 6) is 0.693. The second-order valence-electron chi connectivity index (χ2n) is 6.70. The van der Waals surface area contributed by atoms with Crippen LogP contribution in [0.4, 0.5) is 5.13 Å². The van der Waals surface area contributed by atoms with Crippen molar-refractivity contribution in [2.24, 2.45) is 5.10 Å². The first kappa shape index (κ1) is 19.8. The molecule has 2 amide bonds. The van der Waals surface area contributed by atoms with Gasteiger partial charge in [-0.15, -0.1) is 11.3 Å². The summed E-state index contributed by atoms with van der Waals surface area (Å²) in [4.78, 5) is 29.2. The zero-order valence-electron chi connectivity index (χ0n) is 16.5. The van der Waals surface area contributed by atoms with Crippen LogP contribution in [-0.4, -0.2) is 29.6 Å². The van der Waals surface area contributed by atoms with Gasteiger partial charge in [0, 0.05) is 29.1 Å². The minimum atomic E-state index is -0.366. The van der Waals surface area contributed by atoms with Crippen molar-refractivity contribution in [2.75, 3.05) is 12.4 Å². The van der Waals surface area contributed by atoms with E-state index in [9.17, 15) is 9.59 Å². The summed E-state index contributed by atoms with van der Waals surface area (Å²) >= 11 is 1.33. The van der Waals surface area contributed by atoms with Gasteiger partial charge in [0.2, 0.25) is 0 Å². The number of furan rings is 1. The lowest BCUT2D eigenvalue weighted by Crippen LogP contribution is -2.22. The molecule has 0 fully saturated rings. The van der Waals surface area contributed by atoms with E-state index in [0.717, 1.165) is 12.0 Å². The van der Waals surface area contributed by atoms with Crippen molar-refractivity contribution in [1.82, 2.24) is 10.4 Å². The normalized spacial score (nSPS) is 14.3. The molecule has 0 spiro atoms. The van der Waals surface area contributed by atoms with Crippen LogP contribution in [0.15, 0.2) is 45.4 Å². The molecule has 0 saturated carbocycles. The van der Waals surface area contributed by atoms with Crippen molar-refractivity contribution in [3.63, 3.8) is 0 Å². The van der Waals surface area contributed by atoms with Crippen LogP contribution in [0.2, 0.25) is 0 Å². The van der Waals surface area contributed by atoms with E-state index in [1.165, 1.54) is 18.4 Å². The van der Waals surface area contributed by atoms with Gasteiger partial charge in [-0.3, -0.25) is 14.9 Å². The second kappa shape index (κ2) is 8.50. The minimum Gasteiger partial charge on any atom is -0.496 e. The highest BCUT2D eigenvalue weighted by Crippen LogP contribution is 2.30. The van der Waals surface area contributed by atoms with Gasteiger partial charge in [-0.1, -0.05) is 12.1 Å². The number of nitrogens with zero attached hydrogens (tertiary/aromatic N) is 2. The predicted octanol–water partition coefficient (Wildman–Crippen LogP) is 3.78. The molecule has 1 aliphatic carbocycles. The molecule has 2 aromatic heterocycles. The molecule has 3 aromatic rings. The third kappa shape index (κ3) is 3.84. The van der Waals surface area contributed by atoms with Crippen LogP contribution in [0.5, 0.6) is 5.75 Å². The number of amides is 2. The Morgan fingerprint density at radius 1 is 1.23 bits per heavy atom. The number of aryl methyl sites for hydroxylation is 1. The lowest BCUT2D eigenvalue weighted by Gasteiger charge is -2.14. The molecule has 0 saturated heterocycles. The van der Waals surface area contributed by atoms with Crippen LogP contribution in [0, 0.1) is 6.92 Å². The molecular formula is C21H20N4O4S. The molecule has 1 aromatic carbocycles. The number of aromatic nitrogens is 1. The molecule has 0 atom stereocenters. The zero-order chi connectivity index (χ0) is 21.1. The zero-order valence-corrected chi connectivity index (χ0v) is 17.3. The number of hydrazone groups is 1. The number of benzene rings is 1. The Hall–Kier alpha value is -3.46. The van der Waals surface area contributed by atoms with E-state index in [0.29, 0.717) is 46.3 Å². The first-order valence-corrected chi connectivity index (χ1v) is 10.3. The number of hydrogen-bond acceptors (Lipinski definition) is 7. The number of fused-ring (bicyclic) bond motifs is 1. The molecular weight excluding hydrogens is 404 g/mol. The maximum Gasteiger partial charge on any atom is 0.293 e. The number of anilines is 1. The molecule has 0 unspecified atom stereocenters. The number of rotatable bonds is 5. The van der Waals surface area contributed by atoms with Crippen LogP contribution in [0.3, 0.4) is 0 Å². The van der Waals surface area contributed by atoms with E-state index in [1.807, 2.05) is 6.92 Å². The average molecular weight is 424 g/mol. The highest BCUT2D eigenvalue weighted by atomic mass is 32.1. The van der Waals surface area contributed by atoms with Gasteiger partial charge in [-0.25, -0.2) is 10.4 Å². The first-order chi connectivity index (χ1) is 14.6. The van der Waals surface area contributed by atoms with Crippen molar-refractivity contribution in [1.29, 1.82) is 0 Å². The van der Waals surface area contributed by atoms with E-state index >= 15 is 0 Å². The molecule has 9 heteroatoms. The topological polar surface area (TPSA) is 106 Å². The number of para-hydroxylation sites is 1. The molecule has 154 valence electrons. The quantitative estimate of drug-likeness (QED) is 0.607. The summed E-state index contributed by atoms with van der Waals surface area (Å²) in [6.45, 7) is 1.82. The van der Waals surface area contributed by atoms with Crippen molar-refractivity contribution >= 4 is 34.0 Å². The Kier molecular flexibility index (Phi) is 5.62. The minimum absolute atomic E-state index is 0.237. The number of nitrogens with one attached hydrogen (secondary N) is 2. The highest BCUT2D eigenvalue weighted by molar-refractivity contribution is 7.13. The number of hydrogen-bond donors (Lipinski definition) is 2. The molecule has 30 heavy (non-hydrogen) atoms. The molecule has 0 bridgehead atoms. The van der Waals surface area contributed by atoms with Crippen molar-refractivity contribution in [3.8, 4) is 5.75 Å². The summed E-state index contributed by atoms with van der Waals surface area (Å²) in [7, 11) is 1.51. The molecule has 8 nitrogen and oxygen atoms in total. The van der Waals surface area contributed by atoms with Crippen LogP contribution >= 0.6 is 11.3 Å². The van der Waals surface area contributed by atoms with Crippen molar-refractivity contribution in [2.45, 2.75) is 26.2 Å². The smallest absolute Gasteiger partial charge is 0.293 e. The fourth-order valence-electron chi connectivity index (χ4n) is 3.45. The lowest BCUT2D eigenvalue weighted by atomic mass is 9.93. The molecule has 1 aliphatic rings. The fraction of sp³-hybridized carbons (Fsp3) is 0.238. The van der Waals surface area contributed by atoms with E-state index < -0.39 is 0 Å². The second-order valence-corrected chi connectivity index (χ2v) is 7.59. The number of methoxy groups -OCH3 is 1. The Balaban J connectivity index is 1.58. The van der Waals surface area contributed by atoms with Gasteiger partial charge < -0.3 is 9.15 Å². The van der Waals surface area contributed by atoms with Gasteiger partial charge in [0.1, 0.15) is 11.5 Å². The van der Waals surface area contributed by atoms with Gasteiger partial charge in [0.15, 0.2) is 10.9 Å². The maximum atomic E-state index is 12.6. The molecule has 2 heterocycles. The largest absolute Gasteiger partial charge is 0.496 e. The third-order valence-corrected chi connectivity index (χ3v) is 5.52. The summed E-state index contributed by atoms with van der Waals surface area (Å²) in [6.07, 6.45) is 3.82. The maximum absolute atomic E-state index is 12.6. The summed E-state index contributed by atoms with van der Waals surface area (Å²) in [5, 5.41) is 9.37. The van der Waals surface area contributed by atoms with Crippen LogP contribution in [0.1, 0.15) is 50.6 Å². The molecule has 0 radical (unpaired) electrons. The monoisotopic (exact) mass is 424 g/mol. The Morgan fingerprint density at radius 3 is 2.83 bits per heavy atom.